The second-order valence-corrected chi connectivity index (χ2v) is 8.35. The SMILES string of the molecule is CC(C)NC(=O)N1C[C@@H]2[C@H](c3ccccc31)[C@H](CO)N2Cc1ccc(Cl)cc1. The van der Waals surface area contributed by atoms with E-state index in [1.807, 2.05) is 61.2 Å². The second kappa shape index (κ2) is 7.74. The number of nitrogens with one attached hydrogen (secondary N) is 1. The van der Waals surface area contributed by atoms with Crippen LogP contribution in [-0.2, 0) is 6.54 Å². The van der Waals surface area contributed by atoms with Gasteiger partial charge in [0.25, 0.3) is 0 Å². The monoisotopic (exact) mass is 399 g/mol. The van der Waals surface area contributed by atoms with Crippen molar-refractivity contribution in [3.05, 3.63) is 64.7 Å². The highest BCUT2D eigenvalue weighted by atomic mass is 35.5. The van der Waals surface area contributed by atoms with Crippen molar-refractivity contribution in [1.29, 1.82) is 0 Å². The molecule has 1 fully saturated rings. The number of nitrogens with zero attached hydrogens (tertiary/aromatic N) is 2. The Labute approximate surface area is 170 Å². The molecule has 148 valence electrons. The lowest BCUT2D eigenvalue weighted by molar-refractivity contribution is -0.0485. The molecule has 4 rings (SSSR count). The molecule has 0 unspecified atom stereocenters. The standard InChI is InChI=1S/C22H26ClN3O2/c1-14(2)24-22(28)26-12-19-21(17-5-3-4-6-18(17)26)20(13-27)25(19)11-15-7-9-16(23)10-8-15/h3-10,14,19-21,27H,11-13H2,1-2H3,(H,24,28)/t19-,20+,21+/m1/s1. The largest absolute Gasteiger partial charge is 0.395 e. The number of carbonyl (C=O) groups is 1. The average molecular weight is 400 g/mol. The van der Waals surface area contributed by atoms with Crippen LogP contribution in [0.15, 0.2) is 48.5 Å². The fourth-order valence-corrected chi connectivity index (χ4v) is 4.64. The van der Waals surface area contributed by atoms with Crippen molar-refractivity contribution >= 4 is 23.3 Å². The molecule has 6 heteroatoms. The van der Waals surface area contributed by atoms with Crippen LogP contribution in [0.25, 0.3) is 0 Å². The number of anilines is 1. The molecule has 0 aromatic heterocycles. The number of carbonyl (C=O) groups excluding carboxylic acids is 1. The number of rotatable bonds is 4. The number of urea groups is 1. The first-order valence-corrected chi connectivity index (χ1v) is 10.2. The Bertz CT molecular complexity index is 855. The van der Waals surface area contributed by atoms with Gasteiger partial charge in [0.1, 0.15) is 0 Å². The molecular formula is C22H26ClN3O2. The number of fused-ring (bicyclic) bond motifs is 3. The number of para-hydroxylation sites is 1. The van der Waals surface area contributed by atoms with E-state index in [0.29, 0.717) is 11.6 Å². The summed E-state index contributed by atoms with van der Waals surface area (Å²) in [4.78, 5) is 17.0. The van der Waals surface area contributed by atoms with Crippen molar-refractivity contribution in [2.24, 2.45) is 0 Å². The highest BCUT2D eigenvalue weighted by Gasteiger charge is 2.53. The number of likely N-dealkylation sites (tertiary alicyclic amines) is 1. The molecule has 0 spiro atoms. The van der Waals surface area contributed by atoms with Gasteiger partial charge in [-0.3, -0.25) is 9.80 Å². The zero-order chi connectivity index (χ0) is 19.8. The number of hydrogen-bond donors (Lipinski definition) is 2. The average Bonchev–Trinajstić information content (AvgIpc) is 2.66. The number of amides is 2. The van der Waals surface area contributed by atoms with Crippen LogP contribution in [0.3, 0.4) is 0 Å². The van der Waals surface area contributed by atoms with Gasteiger partial charge in [-0.05, 0) is 43.2 Å². The molecular weight excluding hydrogens is 374 g/mol. The number of hydrogen-bond acceptors (Lipinski definition) is 3. The van der Waals surface area contributed by atoms with Gasteiger partial charge >= 0.3 is 6.03 Å². The van der Waals surface area contributed by atoms with Crippen LogP contribution in [0.4, 0.5) is 10.5 Å². The van der Waals surface area contributed by atoms with E-state index in [1.54, 1.807) is 0 Å². The summed E-state index contributed by atoms with van der Waals surface area (Å²) in [5.41, 5.74) is 3.24. The predicted octanol–water partition coefficient (Wildman–Crippen LogP) is 3.61. The van der Waals surface area contributed by atoms with Crippen molar-refractivity contribution in [2.45, 2.75) is 44.4 Å². The Hall–Kier alpha value is -2.08. The summed E-state index contributed by atoms with van der Waals surface area (Å²) in [6.07, 6.45) is 0. The molecule has 2 aliphatic heterocycles. The van der Waals surface area contributed by atoms with E-state index in [1.165, 1.54) is 0 Å². The molecule has 2 heterocycles. The maximum atomic E-state index is 12.8. The third kappa shape index (κ3) is 3.39. The van der Waals surface area contributed by atoms with Crippen LogP contribution < -0.4 is 10.2 Å². The fourth-order valence-electron chi connectivity index (χ4n) is 4.52. The van der Waals surface area contributed by atoms with E-state index in [-0.39, 0.29) is 36.7 Å². The molecule has 2 N–H and O–H groups in total. The van der Waals surface area contributed by atoms with Gasteiger partial charge in [0.15, 0.2) is 0 Å². The quantitative estimate of drug-likeness (QED) is 0.825. The number of aliphatic hydroxyl groups excluding tert-OH is 1. The molecule has 5 nitrogen and oxygen atoms in total. The Kier molecular flexibility index (Phi) is 5.32. The van der Waals surface area contributed by atoms with Crippen LogP contribution in [0.5, 0.6) is 0 Å². The van der Waals surface area contributed by atoms with Gasteiger partial charge in [0, 0.05) is 47.8 Å². The van der Waals surface area contributed by atoms with Crippen molar-refractivity contribution in [2.75, 3.05) is 18.1 Å². The van der Waals surface area contributed by atoms with Crippen molar-refractivity contribution < 1.29 is 9.90 Å². The first-order chi connectivity index (χ1) is 13.5. The van der Waals surface area contributed by atoms with Gasteiger partial charge in [0.2, 0.25) is 0 Å². The lowest BCUT2D eigenvalue weighted by atomic mass is 9.72. The Morgan fingerprint density at radius 2 is 1.93 bits per heavy atom. The van der Waals surface area contributed by atoms with Crippen molar-refractivity contribution in [1.82, 2.24) is 10.2 Å². The minimum Gasteiger partial charge on any atom is -0.395 e. The summed E-state index contributed by atoms with van der Waals surface area (Å²) in [5, 5.41) is 13.8. The van der Waals surface area contributed by atoms with Gasteiger partial charge in [-0.1, -0.05) is 41.9 Å². The minimum atomic E-state index is -0.0696. The maximum Gasteiger partial charge on any atom is 0.322 e. The summed E-state index contributed by atoms with van der Waals surface area (Å²) < 4.78 is 0. The first-order valence-electron chi connectivity index (χ1n) is 9.77. The summed E-state index contributed by atoms with van der Waals surface area (Å²) in [7, 11) is 0. The Morgan fingerprint density at radius 3 is 2.61 bits per heavy atom. The van der Waals surface area contributed by atoms with E-state index in [4.69, 9.17) is 11.6 Å². The molecule has 0 radical (unpaired) electrons. The van der Waals surface area contributed by atoms with Crippen LogP contribution in [0.2, 0.25) is 5.02 Å². The molecule has 2 aliphatic rings. The third-order valence-electron chi connectivity index (χ3n) is 5.76. The van der Waals surface area contributed by atoms with E-state index in [0.717, 1.165) is 23.4 Å². The Balaban J connectivity index is 1.63. The summed E-state index contributed by atoms with van der Waals surface area (Å²) in [6, 6.07) is 16.1. The van der Waals surface area contributed by atoms with Crippen LogP contribution in [0, 0.1) is 0 Å². The first kappa shape index (κ1) is 19.2. The van der Waals surface area contributed by atoms with Gasteiger partial charge in [-0.2, -0.15) is 0 Å². The summed E-state index contributed by atoms with van der Waals surface area (Å²) in [5.74, 6) is 0.233. The van der Waals surface area contributed by atoms with E-state index < -0.39 is 0 Å². The van der Waals surface area contributed by atoms with Gasteiger partial charge in [-0.15, -0.1) is 0 Å². The molecule has 28 heavy (non-hydrogen) atoms. The van der Waals surface area contributed by atoms with E-state index in [2.05, 4.69) is 16.3 Å². The fraction of sp³-hybridized carbons (Fsp3) is 0.409. The highest BCUT2D eigenvalue weighted by molar-refractivity contribution is 6.30. The topological polar surface area (TPSA) is 55.8 Å². The summed E-state index contributed by atoms with van der Waals surface area (Å²) >= 11 is 6.01. The van der Waals surface area contributed by atoms with Crippen molar-refractivity contribution in [3.8, 4) is 0 Å². The third-order valence-corrected chi connectivity index (χ3v) is 6.01. The molecule has 2 aromatic carbocycles. The molecule has 0 bridgehead atoms. The van der Waals surface area contributed by atoms with E-state index in [9.17, 15) is 9.90 Å². The van der Waals surface area contributed by atoms with Crippen molar-refractivity contribution in [3.63, 3.8) is 0 Å². The van der Waals surface area contributed by atoms with E-state index >= 15 is 0 Å². The van der Waals surface area contributed by atoms with Crippen LogP contribution in [-0.4, -0.2) is 47.3 Å². The smallest absolute Gasteiger partial charge is 0.322 e. The normalized spacial score (nSPS) is 23.8. The second-order valence-electron chi connectivity index (χ2n) is 7.92. The number of benzene rings is 2. The zero-order valence-corrected chi connectivity index (χ0v) is 16.9. The van der Waals surface area contributed by atoms with Crippen LogP contribution >= 0.6 is 11.6 Å². The summed E-state index contributed by atoms with van der Waals surface area (Å²) in [6.45, 7) is 5.38. The highest BCUT2D eigenvalue weighted by Crippen LogP contribution is 2.48. The lowest BCUT2D eigenvalue weighted by Gasteiger charge is -2.59. The zero-order valence-electron chi connectivity index (χ0n) is 16.2. The molecule has 2 aromatic rings. The molecule has 0 aliphatic carbocycles. The van der Waals surface area contributed by atoms with Gasteiger partial charge < -0.3 is 10.4 Å². The molecule has 1 saturated heterocycles. The molecule has 0 saturated carbocycles. The van der Waals surface area contributed by atoms with Gasteiger partial charge in [0.05, 0.1) is 6.61 Å². The van der Waals surface area contributed by atoms with Crippen LogP contribution in [0.1, 0.15) is 30.9 Å². The van der Waals surface area contributed by atoms with Gasteiger partial charge in [-0.25, -0.2) is 4.79 Å². The Morgan fingerprint density at radius 1 is 1.21 bits per heavy atom. The lowest BCUT2D eigenvalue weighted by Crippen LogP contribution is -2.69. The molecule has 2 amide bonds. The minimum absolute atomic E-state index is 0.0529. The number of halogens is 1. The maximum absolute atomic E-state index is 12.8. The molecule has 3 atom stereocenters. The predicted molar refractivity (Wildman–Crippen MR) is 112 cm³/mol. The number of aliphatic hydroxyl groups is 1.